The molecule has 0 saturated heterocycles. The molecule has 0 aliphatic heterocycles. The molecule has 1 heterocycles. The second kappa shape index (κ2) is 6.09. The zero-order valence-corrected chi connectivity index (χ0v) is 11.1. The second-order valence-electron chi connectivity index (χ2n) is 4.56. The molecule has 1 aromatic heterocycles. The van der Waals surface area contributed by atoms with E-state index in [4.69, 9.17) is 5.73 Å². The van der Waals surface area contributed by atoms with Gasteiger partial charge in [-0.1, -0.05) is 19.1 Å². The summed E-state index contributed by atoms with van der Waals surface area (Å²) < 4.78 is 2.26. The first-order valence-electron chi connectivity index (χ1n) is 6.48. The van der Waals surface area contributed by atoms with Crippen molar-refractivity contribution in [2.24, 2.45) is 5.73 Å². The molecular formula is C15H19N3O. The number of benzene rings is 1. The number of amides is 2. The predicted molar refractivity (Wildman–Crippen MR) is 77.2 cm³/mol. The van der Waals surface area contributed by atoms with Crippen LogP contribution in [-0.2, 0) is 13.0 Å². The first kappa shape index (κ1) is 13.2. The van der Waals surface area contributed by atoms with Crippen LogP contribution in [0.5, 0.6) is 0 Å². The molecular weight excluding hydrogens is 238 g/mol. The highest BCUT2D eigenvalue weighted by Gasteiger charge is 2.03. The molecule has 0 aliphatic carbocycles. The number of urea groups is 1. The van der Waals surface area contributed by atoms with E-state index in [-0.39, 0.29) is 0 Å². The molecule has 2 rings (SSSR count). The summed E-state index contributed by atoms with van der Waals surface area (Å²) in [6.07, 6.45) is 4.07. The van der Waals surface area contributed by atoms with E-state index in [0.29, 0.717) is 0 Å². The summed E-state index contributed by atoms with van der Waals surface area (Å²) in [6, 6.07) is 11.4. The van der Waals surface area contributed by atoms with Crippen molar-refractivity contribution in [1.29, 1.82) is 0 Å². The molecule has 0 unspecified atom stereocenters. The smallest absolute Gasteiger partial charge is 0.316 e. The van der Waals surface area contributed by atoms with Crippen LogP contribution in [0, 0.1) is 0 Å². The maximum Gasteiger partial charge on any atom is 0.316 e. The Bertz CT molecular complexity index is 560. The summed E-state index contributed by atoms with van der Waals surface area (Å²) in [5.74, 6) is 0. The third-order valence-corrected chi connectivity index (χ3v) is 2.97. The normalized spacial score (nSPS) is 10.4. The molecule has 4 heteroatoms. The maximum absolute atomic E-state index is 10.8. The Morgan fingerprint density at radius 2 is 2.16 bits per heavy atom. The predicted octanol–water partition coefficient (Wildman–Crippen LogP) is 2.98. The molecule has 19 heavy (non-hydrogen) atoms. The topological polar surface area (TPSA) is 60.1 Å². The highest BCUT2D eigenvalue weighted by atomic mass is 16.2. The third kappa shape index (κ3) is 3.61. The maximum atomic E-state index is 10.8. The van der Waals surface area contributed by atoms with Crippen LogP contribution in [0.15, 0.2) is 42.6 Å². The van der Waals surface area contributed by atoms with E-state index < -0.39 is 6.03 Å². The number of hydrogen-bond donors (Lipinski definition) is 2. The van der Waals surface area contributed by atoms with Crippen molar-refractivity contribution in [2.45, 2.75) is 26.3 Å². The molecule has 0 aliphatic rings. The number of carbonyl (C=O) groups excluding carboxylic acids is 1. The highest BCUT2D eigenvalue weighted by molar-refractivity contribution is 5.87. The van der Waals surface area contributed by atoms with Gasteiger partial charge in [-0.05, 0) is 36.2 Å². The van der Waals surface area contributed by atoms with Crippen molar-refractivity contribution < 1.29 is 4.79 Å². The van der Waals surface area contributed by atoms with Gasteiger partial charge in [0.05, 0.1) is 0 Å². The fraction of sp³-hybridized carbons (Fsp3) is 0.267. The summed E-state index contributed by atoms with van der Waals surface area (Å²) in [6.45, 7) is 3.20. The lowest BCUT2D eigenvalue weighted by molar-refractivity contribution is 0.259. The van der Waals surface area contributed by atoms with E-state index in [1.54, 1.807) is 0 Å². The van der Waals surface area contributed by atoms with E-state index in [1.165, 1.54) is 5.69 Å². The first-order valence-corrected chi connectivity index (χ1v) is 6.48. The fourth-order valence-corrected chi connectivity index (χ4v) is 2.18. The monoisotopic (exact) mass is 257 g/mol. The lowest BCUT2D eigenvalue weighted by atomic mass is 10.1. The van der Waals surface area contributed by atoms with Crippen LogP contribution in [0.3, 0.4) is 0 Å². The van der Waals surface area contributed by atoms with Gasteiger partial charge < -0.3 is 15.6 Å². The van der Waals surface area contributed by atoms with Gasteiger partial charge in [0.25, 0.3) is 0 Å². The van der Waals surface area contributed by atoms with Crippen LogP contribution in [0.1, 0.15) is 24.6 Å². The Morgan fingerprint density at radius 3 is 2.89 bits per heavy atom. The number of aryl methyl sites for hydroxylation is 1. The Balaban J connectivity index is 2.14. The second-order valence-corrected chi connectivity index (χ2v) is 4.56. The van der Waals surface area contributed by atoms with Crippen LogP contribution in [0.4, 0.5) is 10.5 Å². The van der Waals surface area contributed by atoms with Gasteiger partial charge in [0.1, 0.15) is 0 Å². The van der Waals surface area contributed by atoms with E-state index in [9.17, 15) is 4.79 Å². The average molecular weight is 257 g/mol. The lowest BCUT2D eigenvalue weighted by Gasteiger charge is -2.09. The Hall–Kier alpha value is -2.23. The Kier molecular flexibility index (Phi) is 4.23. The van der Waals surface area contributed by atoms with Gasteiger partial charge in [-0.15, -0.1) is 0 Å². The van der Waals surface area contributed by atoms with E-state index in [0.717, 1.165) is 30.6 Å². The number of primary amides is 1. The number of nitrogens with one attached hydrogen (secondary N) is 1. The zero-order chi connectivity index (χ0) is 13.7. The largest absolute Gasteiger partial charge is 0.351 e. The summed E-state index contributed by atoms with van der Waals surface area (Å²) in [5, 5.41) is 2.60. The number of anilines is 1. The fourth-order valence-electron chi connectivity index (χ4n) is 2.18. The van der Waals surface area contributed by atoms with Gasteiger partial charge in [-0.2, -0.15) is 0 Å². The van der Waals surface area contributed by atoms with Gasteiger partial charge in [-0.3, -0.25) is 0 Å². The van der Waals surface area contributed by atoms with Crippen LogP contribution < -0.4 is 11.1 Å². The minimum atomic E-state index is -0.536. The highest BCUT2D eigenvalue weighted by Crippen LogP contribution is 2.15. The number of carbonyl (C=O) groups is 1. The van der Waals surface area contributed by atoms with Gasteiger partial charge in [0.2, 0.25) is 0 Å². The van der Waals surface area contributed by atoms with Crippen molar-refractivity contribution in [2.75, 3.05) is 5.32 Å². The van der Waals surface area contributed by atoms with Crippen molar-refractivity contribution >= 4 is 11.7 Å². The molecule has 2 aromatic rings. The minimum absolute atomic E-state index is 0.536. The van der Waals surface area contributed by atoms with Crippen molar-refractivity contribution in [3.05, 3.63) is 53.9 Å². The summed E-state index contributed by atoms with van der Waals surface area (Å²) in [4.78, 5) is 10.8. The number of nitrogens with zero attached hydrogens (tertiary/aromatic N) is 1. The quantitative estimate of drug-likeness (QED) is 0.850. The molecule has 4 nitrogen and oxygen atoms in total. The molecule has 1 aromatic carbocycles. The molecule has 0 fully saturated rings. The number of rotatable bonds is 5. The molecule has 100 valence electrons. The molecule has 0 spiro atoms. The van der Waals surface area contributed by atoms with Gasteiger partial charge in [-0.25, -0.2) is 4.79 Å². The molecule has 3 N–H and O–H groups in total. The minimum Gasteiger partial charge on any atom is -0.351 e. The van der Waals surface area contributed by atoms with Crippen LogP contribution in [0.2, 0.25) is 0 Å². The lowest BCUT2D eigenvalue weighted by Crippen LogP contribution is -2.19. The van der Waals surface area contributed by atoms with E-state index in [1.807, 2.05) is 18.2 Å². The summed E-state index contributed by atoms with van der Waals surface area (Å²) in [7, 11) is 0. The van der Waals surface area contributed by atoms with Crippen molar-refractivity contribution in [3.8, 4) is 0 Å². The van der Waals surface area contributed by atoms with E-state index >= 15 is 0 Å². The zero-order valence-electron chi connectivity index (χ0n) is 11.1. The van der Waals surface area contributed by atoms with Crippen molar-refractivity contribution in [3.63, 3.8) is 0 Å². The van der Waals surface area contributed by atoms with Crippen LogP contribution >= 0.6 is 0 Å². The molecule has 0 saturated carbocycles. The Morgan fingerprint density at radius 1 is 1.32 bits per heavy atom. The number of hydrogen-bond acceptors (Lipinski definition) is 1. The first-order chi connectivity index (χ1) is 9.19. The molecule has 0 atom stereocenters. The molecule has 0 radical (unpaired) electrons. The van der Waals surface area contributed by atoms with Crippen LogP contribution in [0.25, 0.3) is 0 Å². The average Bonchev–Trinajstić information content (AvgIpc) is 2.77. The van der Waals surface area contributed by atoms with Gasteiger partial charge in [0, 0.05) is 30.5 Å². The summed E-state index contributed by atoms with van der Waals surface area (Å²) in [5.41, 5.74) is 8.29. The molecule has 2 amide bonds. The van der Waals surface area contributed by atoms with E-state index in [2.05, 4.69) is 41.2 Å². The Labute approximate surface area is 113 Å². The van der Waals surface area contributed by atoms with Gasteiger partial charge in [0.15, 0.2) is 0 Å². The number of nitrogens with two attached hydrogens (primary N) is 1. The van der Waals surface area contributed by atoms with Gasteiger partial charge >= 0.3 is 6.03 Å². The standard InChI is InChI=1S/C15H19N3O/c1-2-8-18-9-4-7-14(18)11-12-5-3-6-13(10-12)17-15(16)19/h3-7,9-10H,2,8,11H2,1H3,(H3,16,17,19). The number of aromatic nitrogens is 1. The molecule has 0 bridgehead atoms. The van der Waals surface area contributed by atoms with Crippen molar-refractivity contribution in [1.82, 2.24) is 4.57 Å². The SMILES string of the molecule is CCCn1cccc1Cc1cccc(NC(N)=O)c1. The summed E-state index contributed by atoms with van der Waals surface area (Å²) >= 11 is 0. The van der Waals surface area contributed by atoms with Crippen LogP contribution in [-0.4, -0.2) is 10.6 Å². The third-order valence-electron chi connectivity index (χ3n) is 2.97.